The van der Waals surface area contributed by atoms with Gasteiger partial charge in [0.15, 0.2) is 0 Å². The maximum atomic E-state index is 13.0. The number of nitrogens with two attached hydrogens (primary N) is 1. The third kappa shape index (κ3) is 5.71. The number of nitrogens with zero attached hydrogens (tertiary/aromatic N) is 2. The fourth-order valence-corrected chi connectivity index (χ4v) is 4.17. The summed E-state index contributed by atoms with van der Waals surface area (Å²) in [4.78, 5) is 25.2. The average molecular weight is 611 g/mol. The number of carbonyl (C=O) groups excluding carboxylic acids is 2. The van der Waals surface area contributed by atoms with Gasteiger partial charge in [0.05, 0.1) is 16.3 Å². The lowest BCUT2D eigenvalue weighted by atomic mass is 10.1. The predicted molar refractivity (Wildman–Crippen MR) is 126 cm³/mol. The molecule has 0 fully saturated rings. The molecule has 0 saturated carbocycles. The van der Waals surface area contributed by atoms with Gasteiger partial charge in [-0.05, 0) is 56.5 Å². The van der Waals surface area contributed by atoms with Crippen LogP contribution in [0.25, 0.3) is 5.82 Å². The minimum Gasteiger partial charge on any atom is -0.382 e. The Morgan fingerprint density at radius 3 is 2.55 bits per heavy atom. The molecule has 2 rings (SSSR count). The lowest BCUT2D eigenvalue weighted by Crippen LogP contribution is -2.24. The molecule has 0 aliphatic rings. The van der Waals surface area contributed by atoms with E-state index < -0.39 is 5.91 Å². The Labute approximate surface area is 198 Å². The first kappa shape index (κ1) is 23.7. The molecule has 0 saturated heterocycles. The Morgan fingerprint density at radius 2 is 1.93 bits per heavy atom. The number of rotatable bonds is 6. The summed E-state index contributed by atoms with van der Waals surface area (Å²) in [6.07, 6.45) is 4.25. The zero-order valence-electron chi connectivity index (χ0n) is 15.4. The van der Waals surface area contributed by atoms with Crippen molar-refractivity contribution in [2.24, 2.45) is 5.73 Å². The molecule has 29 heavy (non-hydrogen) atoms. The van der Waals surface area contributed by atoms with E-state index in [1.807, 2.05) is 13.0 Å². The van der Waals surface area contributed by atoms with Crippen molar-refractivity contribution in [3.8, 4) is 0 Å². The Morgan fingerprint density at radius 1 is 1.24 bits per heavy atom. The van der Waals surface area contributed by atoms with Gasteiger partial charge in [0.1, 0.15) is 16.1 Å². The molecule has 11 heteroatoms. The second kappa shape index (κ2) is 10.4. The normalized spacial score (nSPS) is 12.1. The van der Waals surface area contributed by atoms with Gasteiger partial charge in [-0.1, -0.05) is 40.5 Å². The molecule has 2 amide bonds. The number of aromatic nitrogens is 2. The van der Waals surface area contributed by atoms with E-state index in [1.54, 1.807) is 18.2 Å². The molecule has 0 atom stereocenters. The third-order valence-electron chi connectivity index (χ3n) is 3.65. The fraction of sp³-hybridized carbons (Fsp3) is 0.167. The molecule has 1 heterocycles. The molecule has 154 valence electrons. The van der Waals surface area contributed by atoms with Crippen LogP contribution in [-0.2, 0) is 0 Å². The second-order valence-electron chi connectivity index (χ2n) is 5.65. The summed E-state index contributed by atoms with van der Waals surface area (Å²) in [5.74, 6) is -0.791. The standard InChI is InChI=1S/C18H17Br3ClN5O2/c1-3-4-5-12(22)16(23)27-13(8-14(21)26-27)18(29)25-15-10(17(28)24-2)6-9(19)7-11(15)20/h4-8H,3,23H2,1-2H3,(H,24,28)(H,25,29)/b5-4-,16-12-. The number of nitrogens with one attached hydrogen (secondary N) is 2. The topological polar surface area (TPSA) is 102 Å². The van der Waals surface area contributed by atoms with Crippen LogP contribution in [0.15, 0.2) is 48.9 Å². The molecule has 0 spiro atoms. The van der Waals surface area contributed by atoms with E-state index in [-0.39, 0.29) is 28.0 Å². The molecule has 4 N–H and O–H groups in total. The first-order valence-electron chi connectivity index (χ1n) is 8.29. The highest BCUT2D eigenvalue weighted by Gasteiger charge is 2.22. The molecule has 0 unspecified atom stereocenters. The van der Waals surface area contributed by atoms with Crippen molar-refractivity contribution in [1.82, 2.24) is 15.1 Å². The van der Waals surface area contributed by atoms with Gasteiger partial charge >= 0.3 is 0 Å². The molecule has 0 aliphatic carbocycles. The third-order valence-corrected chi connectivity index (χ3v) is 5.44. The summed E-state index contributed by atoms with van der Waals surface area (Å²) in [6, 6.07) is 4.82. The van der Waals surface area contributed by atoms with Crippen molar-refractivity contribution in [2.45, 2.75) is 13.3 Å². The molecule has 7 nitrogen and oxygen atoms in total. The Hall–Kier alpha value is -1.62. The molecule has 1 aromatic carbocycles. The van der Waals surface area contributed by atoms with Gasteiger partial charge in [0.2, 0.25) is 0 Å². The number of allylic oxidation sites excluding steroid dienone is 3. The van der Waals surface area contributed by atoms with Crippen LogP contribution in [0.2, 0.25) is 0 Å². The van der Waals surface area contributed by atoms with Gasteiger partial charge in [0, 0.05) is 22.1 Å². The maximum Gasteiger partial charge on any atom is 0.274 e. The number of benzene rings is 1. The molecular formula is C18H17Br3ClN5O2. The molecule has 1 aromatic heterocycles. The van der Waals surface area contributed by atoms with Crippen molar-refractivity contribution < 1.29 is 9.59 Å². The molecular weight excluding hydrogens is 593 g/mol. The highest BCUT2D eigenvalue weighted by atomic mass is 79.9. The SMILES string of the molecule is CC/C=C\C(Cl)=C(/N)n1nc(Br)cc1C(=O)Nc1c(Br)cc(Br)cc1C(=O)NC. The minimum atomic E-state index is -0.525. The van der Waals surface area contributed by atoms with Gasteiger partial charge in [-0.15, -0.1) is 0 Å². The van der Waals surface area contributed by atoms with Crippen LogP contribution in [-0.4, -0.2) is 28.6 Å². The minimum absolute atomic E-state index is 0.0913. The van der Waals surface area contributed by atoms with Crippen molar-refractivity contribution in [1.29, 1.82) is 0 Å². The number of amides is 2. The van der Waals surface area contributed by atoms with Gasteiger partial charge in [-0.25, -0.2) is 4.68 Å². The van der Waals surface area contributed by atoms with Crippen molar-refractivity contribution >= 4 is 82.7 Å². The van der Waals surface area contributed by atoms with E-state index >= 15 is 0 Å². The van der Waals surface area contributed by atoms with Gasteiger partial charge in [0.25, 0.3) is 11.8 Å². The smallest absolute Gasteiger partial charge is 0.274 e. The van der Waals surface area contributed by atoms with E-state index in [2.05, 4.69) is 63.5 Å². The highest BCUT2D eigenvalue weighted by Crippen LogP contribution is 2.31. The van der Waals surface area contributed by atoms with Crippen LogP contribution in [0.1, 0.15) is 34.2 Å². The van der Waals surface area contributed by atoms with Crippen molar-refractivity contribution in [2.75, 3.05) is 12.4 Å². The number of carbonyl (C=O) groups is 2. The zero-order valence-corrected chi connectivity index (χ0v) is 20.9. The summed E-state index contributed by atoms with van der Waals surface area (Å²) < 4.78 is 2.83. The second-order valence-corrected chi connectivity index (χ2v) is 8.64. The monoisotopic (exact) mass is 607 g/mol. The first-order chi connectivity index (χ1) is 13.7. The predicted octanol–water partition coefficient (Wildman–Crippen LogP) is 5.07. The first-order valence-corrected chi connectivity index (χ1v) is 11.1. The molecule has 0 aliphatic heterocycles. The Bertz CT molecular complexity index is 1020. The average Bonchev–Trinajstić information content (AvgIpc) is 3.08. The molecule has 0 bridgehead atoms. The van der Waals surface area contributed by atoms with Crippen LogP contribution in [0.3, 0.4) is 0 Å². The lowest BCUT2D eigenvalue weighted by Gasteiger charge is -2.14. The largest absolute Gasteiger partial charge is 0.382 e. The fourth-order valence-electron chi connectivity index (χ4n) is 2.30. The number of hydrogen-bond donors (Lipinski definition) is 3. The van der Waals surface area contributed by atoms with Crippen LogP contribution in [0.5, 0.6) is 0 Å². The van der Waals surface area contributed by atoms with Crippen LogP contribution < -0.4 is 16.4 Å². The van der Waals surface area contributed by atoms with Crippen LogP contribution in [0, 0.1) is 0 Å². The lowest BCUT2D eigenvalue weighted by molar-refractivity contribution is 0.0964. The number of hydrogen-bond acceptors (Lipinski definition) is 4. The summed E-state index contributed by atoms with van der Waals surface area (Å²) in [6.45, 7) is 1.96. The van der Waals surface area contributed by atoms with Gasteiger partial charge in [-0.2, -0.15) is 5.10 Å². The van der Waals surface area contributed by atoms with E-state index in [1.165, 1.54) is 17.8 Å². The molecule has 0 radical (unpaired) electrons. The summed E-state index contributed by atoms with van der Waals surface area (Å²) in [7, 11) is 1.51. The zero-order chi connectivity index (χ0) is 21.7. The van der Waals surface area contributed by atoms with E-state index in [0.717, 1.165) is 6.42 Å². The quantitative estimate of drug-likeness (QED) is 0.398. The van der Waals surface area contributed by atoms with Crippen molar-refractivity contribution in [3.05, 3.63) is 60.2 Å². The van der Waals surface area contributed by atoms with Crippen LogP contribution >= 0.6 is 59.4 Å². The van der Waals surface area contributed by atoms with E-state index in [0.29, 0.717) is 19.2 Å². The summed E-state index contributed by atoms with van der Waals surface area (Å²) >= 11 is 16.2. The maximum absolute atomic E-state index is 13.0. The van der Waals surface area contributed by atoms with E-state index in [9.17, 15) is 9.59 Å². The van der Waals surface area contributed by atoms with Crippen LogP contribution in [0.4, 0.5) is 5.69 Å². The van der Waals surface area contributed by atoms with E-state index in [4.69, 9.17) is 17.3 Å². The van der Waals surface area contributed by atoms with Gasteiger partial charge in [-0.3, -0.25) is 9.59 Å². The number of anilines is 1. The Balaban J connectivity index is 2.49. The number of halogens is 4. The summed E-state index contributed by atoms with van der Waals surface area (Å²) in [5, 5.41) is 9.72. The molecule has 2 aromatic rings. The highest BCUT2D eigenvalue weighted by molar-refractivity contribution is 9.11. The summed E-state index contributed by atoms with van der Waals surface area (Å²) in [5.41, 5.74) is 6.81. The van der Waals surface area contributed by atoms with Crippen molar-refractivity contribution in [3.63, 3.8) is 0 Å². The van der Waals surface area contributed by atoms with Gasteiger partial charge < -0.3 is 16.4 Å². The Kier molecular flexibility index (Phi) is 8.50.